The summed E-state index contributed by atoms with van der Waals surface area (Å²) in [6.45, 7) is 4.13. The normalized spacial score (nSPS) is 10.3. The minimum Gasteiger partial charge on any atom is -0.465 e. The van der Waals surface area contributed by atoms with E-state index in [1.165, 1.54) is 18.2 Å². The summed E-state index contributed by atoms with van der Waals surface area (Å²) in [6, 6.07) is 11.7. The van der Waals surface area contributed by atoms with Crippen LogP contribution in [0.3, 0.4) is 0 Å². The molecular weight excluding hydrogens is 264 g/mol. The van der Waals surface area contributed by atoms with Crippen LogP contribution in [0.4, 0.5) is 17.1 Å². The molecule has 2 rings (SSSR count). The van der Waals surface area contributed by atoms with Crippen molar-refractivity contribution in [1.29, 1.82) is 0 Å². The number of nitrogens with zero attached hydrogens (tertiary/aromatic N) is 1. The third-order valence-electron chi connectivity index (χ3n) is 3.42. The van der Waals surface area contributed by atoms with Gasteiger partial charge in [-0.3, -0.25) is 0 Å². The number of carbonyl (C=O) groups is 1. The molecule has 110 valence electrons. The van der Waals surface area contributed by atoms with Crippen molar-refractivity contribution in [1.82, 2.24) is 0 Å². The molecule has 0 saturated carbocycles. The molecule has 0 saturated heterocycles. The summed E-state index contributed by atoms with van der Waals surface area (Å²) in [7, 11) is 3.31. The maximum absolute atomic E-state index is 11.7. The Bertz CT molecular complexity index is 660. The van der Waals surface area contributed by atoms with Crippen LogP contribution >= 0.6 is 0 Å². The van der Waals surface area contributed by atoms with Gasteiger partial charge in [-0.15, -0.1) is 0 Å². The van der Waals surface area contributed by atoms with Crippen molar-refractivity contribution in [2.75, 3.05) is 24.8 Å². The van der Waals surface area contributed by atoms with Gasteiger partial charge in [-0.1, -0.05) is 6.07 Å². The van der Waals surface area contributed by atoms with Crippen molar-refractivity contribution in [2.24, 2.45) is 0 Å². The quantitative estimate of drug-likeness (QED) is 0.693. The van der Waals surface area contributed by atoms with Crippen molar-refractivity contribution < 1.29 is 9.53 Å². The molecule has 0 spiro atoms. The van der Waals surface area contributed by atoms with Crippen LogP contribution in [-0.2, 0) is 4.74 Å². The molecule has 2 N–H and O–H groups in total. The summed E-state index contributed by atoms with van der Waals surface area (Å²) >= 11 is 0. The highest BCUT2D eigenvalue weighted by atomic mass is 16.5. The second-order valence-corrected chi connectivity index (χ2v) is 5.17. The fourth-order valence-electron chi connectivity index (χ4n) is 2.33. The predicted molar refractivity (Wildman–Crippen MR) is 86.2 cm³/mol. The zero-order chi connectivity index (χ0) is 15.6. The van der Waals surface area contributed by atoms with Crippen LogP contribution < -0.4 is 10.6 Å². The number of anilines is 3. The summed E-state index contributed by atoms with van der Waals surface area (Å²) in [5, 5.41) is 0. The number of carbonyl (C=O) groups excluding carboxylic acids is 1. The topological polar surface area (TPSA) is 55.6 Å². The van der Waals surface area contributed by atoms with Crippen LogP contribution in [0.5, 0.6) is 0 Å². The van der Waals surface area contributed by atoms with Crippen molar-refractivity contribution in [3.05, 3.63) is 53.1 Å². The van der Waals surface area contributed by atoms with Crippen molar-refractivity contribution in [2.45, 2.75) is 13.8 Å². The van der Waals surface area contributed by atoms with E-state index in [9.17, 15) is 4.79 Å². The third-order valence-corrected chi connectivity index (χ3v) is 3.42. The molecule has 0 radical (unpaired) electrons. The van der Waals surface area contributed by atoms with E-state index in [0.29, 0.717) is 11.3 Å². The van der Waals surface area contributed by atoms with Gasteiger partial charge in [0.15, 0.2) is 0 Å². The number of hydrogen-bond acceptors (Lipinski definition) is 4. The Kier molecular flexibility index (Phi) is 4.17. The molecule has 0 fully saturated rings. The van der Waals surface area contributed by atoms with E-state index >= 15 is 0 Å². The molecule has 0 atom stereocenters. The van der Waals surface area contributed by atoms with Gasteiger partial charge >= 0.3 is 5.97 Å². The van der Waals surface area contributed by atoms with Gasteiger partial charge in [-0.2, -0.15) is 0 Å². The summed E-state index contributed by atoms with van der Waals surface area (Å²) in [5.41, 5.74) is 11.0. The zero-order valence-corrected chi connectivity index (χ0v) is 12.8. The molecule has 0 aliphatic carbocycles. The molecular formula is C17H20N2O2. The van der Waals surface area contributed by atoms with Gasteiger partial charge in [0.2, 0.25) is 0 Å². The monoisotopic (exact) mass is 284 g/mol. The predicted octanol–water partition coefficient (Wildman–Crippen LogP) is 3.44. The molecule has 0 amide bonds. The summed E-state index contributed by atoms with van der Waals surface area (Å²) in [4.78, 5) is 13.8. The van der Waals surface area contributed by atoms with Gasteiger partial charge in [0.25, 0.3) is 0 Å². The number of rotatable bonds is 3. The van der Waals surface area contributed by atoms with E-state index in [1.807, 2.05) is 18.0 Å². The van der Waals surface area contributed by atoms with Crippen LogP contribution in [0.15, 0.2) is 36.4 Å². The first-order chi connectivity index (χ1) is 9.92. The fourth-order valence-corrected chi connectivity index (χ4v) is 2.33. The molecule has 0 aliphatic rings. The van der Waals surface area contributed by atoms with E-state index in [4.69, 9.17) is 10.5 Å². The maximum Gasteiger partial charge on any atom is 0.340 e. The number of ether oxygens (including phenoxy) is 1. The third kappa shape index (κ3) is 3.16. The van der Waals surface area contributed by atoms with Gasteiger partial charge in [0.1, 0.15) is 0 Å². The van der Waals surface area contributed by atoms with Gasteiger partial charge < -0.3 is 15.4 Å². The molecule has 4 heteroatoms. The molecule has 4 nitrogen and oxygen atoms in total. The molecule has 0 unspecified atom stereocenters. The summed E-state index contributed by atoms with van der Waals surface area (Å²) in [6.07, 6.45) is 0. The molecule has 0 aromatic heterocycles. The Balaban J connectivity index is 2.43. The number of benzene rings is 2. The first kappa shape index (κ1) is 14.9. The molecule has 21 heavy (non-hydrogen) atoms. The van der Waals surface area contributed by atoms with E-state index < -0.39 is 5.97 Å². The second kappa shape index (κ2) is 5.87. The van der Waals surface area contributed by atoms with Crippen molar-refractivity contribution >= 4 is 23.0 Å². The van der Waals surface area contributed by atoms with E-state index in [-0.39, 0.29) is 0 Å². The number of methoxy groups -OCH3 is 1. The molecule has 2 aromatic carbocycles. The largest absolute Gasteiger partial charge is 0.465 e. The van der Waals surface area contributed by atoms with Crippen molar-refractivity contribution in [3.8, 4) is 0 Å². The van der Waals surface area contributed by atoms with Crippen LogP contribution in [-0.4, -0.2) is 20.1 Å². The Hall–Kier alpha value is -2.49. The van der Waals surface area contributed by atoms with Crippen LogP contribution in [0.2, 0.25) is 0 Å². The highest BCUT2D eigenvalue weighted by Crippen LogP contribution is 2.28. The Labute approximate surface area is 125 Å². The lowest BCUT2D eigenvalue weighted by Crippen LogP contribution is -2.12. The van der Waals surface area contributed by atoms with Gasteiger partial charge in [0.05, 0.1) is 12.7 Å². The van der Waals surface area contributed by atoms with Crippen LogP contribution in [0.25, 0.3) is 0 Å². The van der Waals surface area contributed by atoms with E-state index in [0.717, 1.165) is 11.4 Å². The average Bonchev–Trinajstić information content (AvgIpc) is 2.45. The Morgan fingerprint density at radius 2 is 1.67 bits per heavy atom. The summed E-state index contributed by atoms with van der Waals surface area (Å²) in [5.74, 6) is -0.428. The van der Waals surface area contributed by atoms with Crippen LogP contribution in [0, 0.1) is 13.8 Å². The number of hydrogen-bond donors (Lipinski definition) is 1. The zero-order valence-electron chi connectivity index (χ0n) is 12.8. The Morgan fingerprint density at radius 1 is 1.05 bits per heavy atom. The first-order valence-corrected chi connectivity index (χ1v) is 6.72. The maximum atomic E-state index is 11.7. The average molecular weight is 284 g/mol. The Morgan fingerprint density at radius 3 is 2.24 bits per heavy atom. The fraction of sp³-hybridized carbons (Fsp3) is 0.235. The molecule has 0 heterocycles. The van der Waals surface area contributed by atoms with Gasteiger partial charge in [-0.25, -0.2) is 4.79 Å². The minimum atomic E-state index is -0.428. The number of esters is 1. The number of nitrogen functional groups attached to an aromatic ring is 1. The van der Waals surface area contributed by atoms with Crippen LogP contribution in [0.1, 0.15) is 21.5 Å². The molecule has 0 aliphatic heterocycles. The van der Waals surface area contributed by atoms with E-state index in [1.54, 1.807) is 12.1 Å². The first-order valence-electron chi connectivity index (χ1n) is 6.72. The highest BCUT2D eigenvalue weighted by molar-refractivity contribution is 5.96. The van der Waals surface area contributed by atoms with E-state index in [2.05, 4.69) is 32.0 Å². The lowest BCUT2D eigenvalue weighted by atomic mass is 10.1. The number of aryl methyl sites for hydroxylation is 2. The van der Waals surface area contributed by atoms with Gasteiger partial charge in [-0.05, 0) is 55.3 Å². The van der Waals surface area contributed by atoms with Crippen molar-refractivity contribution in [3.63, 3.8) is 0 Å². The minimum absolute atomic E-state index is 0.381. The molecule has 0 bridgehead atoms. The lowest BCUT2D eigenvalue weighted by Gasteiger charge is -2.21. The molecule has 2 aromatic rings. The smallest absolute Gasteiger partial charge is 0.340 e. The van der Waals surface area contributed by atoms with Gasteiger partial charge in [0, 0.05) is 24.1 Å². The standard InChI is InChI=1S/C17H20N2O2/c1-11-7-12(2)9-14(8-11)19(3)13-5-6-16(18)15(10-13)17(20)21-4/h5-10H,18H2,1-4H3. The highest BCUT2D eigenvalue weighted by Gasteiger charge is 2.13. The second-order valence-electron chi connectivity index (χ2n) is 5.17. The summed E-state index contributed by atoms with van der Waals surface area (Å²) < 4.78 is 4.76. The SMILES string of the molecule is COC(=O)c1cc(N(C)c2cc(C)cc(C)c2)ccc1N. The lowest BCUT2D eigenvalue weighted by molar-refractivity contribution is 0.0602. The number of nitrogens with two attached hydrogens (primary N) is 1.